The van der Waals surface area contributed by atoms with Gasteiger partial charge in [-0.15, -0.1) is 0 Å². The molecule has 0 N–H and O–H groups in total. The molecule has 0 saturated carbocycles. The van der Waals surface area contributed by atoms with Crippen molar-refractivity contribution in [2.45, 2.75) is 52.1 Å². The number of hydrogen-bond donors (Lipinski definition) is 0. The van der Waals surface area contributed by atoms with E-state index in [4.69, 9.17) is 4.74 Å². The zero-order valence-corrected chi connectivity index (χ0v) is 13.0. The lowest BCUT2D eigenvalue weighted by Crippen LogP contribution is -2.15. The third-order valence-corrected chi connectivity index (χ3v) is 3.76. The molecule has 0 amide bonds. The topological polar surface area (TPSA) is 26.3 Å². The van der Waals surface area contributed by atoms with Crippen molar-refractivity contribution in [2.24, 2.45) is 0 Å². The Kier molecular flexibility index (Phi) is 5.79. The standard InChI is InChI=1S/C19H24O2/c1-3-4-5-6-9-15(2)21-19(20)18-13-12-16-10-7-8-11-17(16)14-18/h7-8,10-15H,3-6,9H2,1-2H3/t15-/m1/s1. The molecule has 0 bridgehead atoms. The molecule has 0 aromatic heterocycles. The maximum atomic E-state index is 12.2. The van der Waals surface area contributed by atoms with Crippen LogP contribution in [0.5, 0.6) is 0 Å². The molecule has 2 heteroatoms. The van der Waals surface area contributed by atoms with Gasteiger partial charge in [0.1, 0.15) is 0 Å². The van der Waals surface area contributed by atoms with Gasteiger partial charge in [-0.25, -0.2) is 4.79 Å². The summed E-state index contributed by atoms with van der Waals surface area (Å²) in [6.07, 6.45) is 5.76. The summed E-state index contributed by atoms with van der Waals surface area (Å²) in [6, 6.07) is 13.8. The van der Waals surface area contributed by atoms with E-state index in [1.807, 2.05) is 49.4 Å². The predicted molar refractivity (Wildman–Crippen MR) is 87.6 cm³/mol. The van der Waals surface area contributed by atoms with Crippen LogP contribution in [-0.2, 0) is 4.74 Å². The number of carbonyl (C=O) groups excluding carboxylic acids is 1. The molecule has 0 radical (unpaired) electrons. The molecule has 0 aliphatic heterocycles. The van der Waals surface area contributed by atoms with Crippen LogP contribution in [0.3, 0.4) is 0 Å². The summed E-state index contributed by atoms with van der Waals surface area (Å²) in [5, 5.41) is 2.21. The number of ether oxygens (including phenoxy) is 1. The molecule has 0 aliphatic rings. The molecule has 2 aromatic carbocycles. The largest absolute Gasteiger partial charge is 0.459 e. The Morgan fingerprint density at radius 3 is 2.57 bits per heavy atom. The molecule has 0 aliphatic carbocycles. The maximum Gasteiger partial charge on any atom is 0.338 e. The number of rotatable bonds is 7. The fourth-order valence-corrected chi connectivity index (χ4v) is 2.48. The lowest BCUT2D eigenvalue weighted by molar-refractivity contribution is 0.0319. The molecule has 21 heavy (non-hydrogen) atoms. The summed E-state index contributed by atoms with van der Waals surface area (Å²) in [5.74, 6) is -0.219. The van der Waals surface area contributed by atoms with Crippen LogP contribution in [0.2, 0.25) is 0 Å². The number of carbonyl (C=O) groups is 1. The van der Waals surface area contributed by atoms with Crippen molar-refractivity contribution in [1.82, 2.24) is 0 Å². The van der Waals surface area contributed by atoms with Crippen molar-refractivity contribution in [3.8, 4) is 0 Å². The Hall–Kier alpha value is -1.83. The van der Waals surface area contributed by atoms with Crippen LogP contribution in [0, 0.1) is 0 Å². The molecule has 0 spiro atoms. The van der Waals surface area contributed by atoms with Crippen molar-refractivity contribution >= 4 is 16.7 Å². The van der Waals surface area contributed by atoms with E-state index in [1.54, 1.807) is 0 Å². The molecule has 0 fully saturated rings. The van der Waals surface area contributed by atoms with Gasteiger partial charge in [-0.3, -0.25) is 0 Å². The van der Waals surface area contributed by atoms with Crippen molar-refractivity contribution in [3.63, 3.8) is 0 Å². The number of fused-ring (bicyclic) bond motifs is 1. The molecule has 112 valence electrons. The highest BCUT2D eigenvalue weighted by molar-refractivity contribution is 5.95. The summed E-state index contributed by atoms with van der Waals surface area (Å²) in [6.45, 7) is 4.17. The molecule has 0 unspecified atom stereocenters. The summed E-state index contributed by atoms with van der Waals surface area (Å²) in [5.41, 5.74) is 0.633. The van der Waals surface area contributed by atoms with Gasteiger partial charge in [-0.1, -0.05) is 56.5 Å². The Morgan fingerprint density at radius 2 is 1.81 bits per heavy atom. The van der Waals surface area contributed by atoms with E-state index in [0.717, 1.165) is 23.6 Å². The second-order valence-corrected chi connectivity index (χ2v) is 5.63. The van der Waals surface area contributed by atoms with Gasteiger partial charge in [0.05, 0.1) is 11.7 Å². The first-order chi connectivity index (χ1) is 10.2. The summed E-state index contributed by atoms with van der Waals surface area (Å²) < 4.78 is 5.53. The lowest BCUT2D eigenvalue weighted by Gasteiger charge is -2.13. The van der Waals surface area contributed by atoms with Gasteiger partial charge in [0.25, 0.3) is 0 Å². The van der Waals surface area contributed by atoms with Crippen molar-refractivity contribution in [1.29, 1.82) is 0 Å². The van der Waals surface area contributed by atoms with Crippen molar-refractivity contribution in [3.05, 3.63) is 48.0 Å². The average molecular weight is 284 g/mol. The first-order valence-corrected chi connectivity index (χ1v) is 7.90. The minimum absolute atomic E-state index is 0.0131. The number of esters is 1. The third kappa shape index (κ3) is 4.59. The van der Waals surface area contributed by atoms with Crippen LogP contribution in [0.15, 0.2) is 42.5 Å². The molecular weight excluding hydrogens is 260 g/mol. The Morgan fingerprint density at radius 1 is 1.05 bits per heavy atom. The number of unbranched alkanes of at least 4 members (excludes halogenated alkanes) is 3. The van der Waals surface area contributed by atoms with E-state index in [2.05, 4.69) is 6.92 Å². The second kappa shape index (κ2) is 7.82. The smallest absolute Gasteiger partial charge is 0.338 e. The van der Waals surface area contributed by atoms with E-state index in [-0.39, 0.29) is 12.1 Å². The highest BCUT2D eigenvalue weighted by Crippen LogP contribution is 2.17. The van der Waals surface area contributed by atoms with E-state index in [9.17, 15) is 4.79 Å². The SMILES string of the molecule is CCCCCC[C@@H](C)OC(=O)c1ccc2ccccc2c1. The summed E-state index contributed by atoms with van der Waals surface area (Å²) >= 11 is 0. The van der Waals surface area contributed by atoms with E-state index in [0.29, 0.717) is 5.56 Å². The van der Waals surface area contributed by atoms with Gasteiger partial charge in [0, 0.05) is 0 Å². The zero-order valence-electron chi connectivity index (χ0n) is 13.0. The van der Waals surface area contributed by atoms with Crippen LogP contribution in [-0.4, -0.2) is 12.1 Å². The van der Waals surface area contributed by atoms with Crippen LogP contribution in [0.25, 0.3) is 10.8 Å². The zero-order chi connectivity index (χ0) is 15.1. The first-order valence-electron chi connectivity index (χ1n) is 7.90. The molecule has 2 nitrogen and oxygen atoms in total. The van der Waals surface area contributed by atoms with E-state index >= 15 is 0 Å². The molecule has 1 atom stereocenters. The minimum Gasteiger partial charge on any atom is -0.459 e. The average Bonchev–Trinajstić information content (AvgIpc) is 2.51. The quantitative estimate of drug-likeness (QED) is 0.505. The van der Waals surface area contributed by atoms with Gasteiger partial charge in [-0.2, -0.15) is 0 Å². The lowest BCUT2D eigenvalue weighted by atomic mass is 10.1. The van der Waals surface area contributed by atoms with Crippen molar-refractivity contribution in [2.75, 3.05) is 0 Å². The first kappa shape index (κ1) is 15.6. The normalized spacial score (nSPS) is 12.3. The number of benzene rings is 2. The van der Waals surface area contributed by atoms with E-state index in [1.165, 1.54) is 19.3 Å². The maximum absolute atomic E-state index is 12.2. The second-order valence-electron chi connectivity index (χ2n) is 5.63. The van der Waals surface area contributed by atoms with Gasteiger partial charge in [0.2, 0.25) is 0 Å². The fourth-order valence-electron chi connectivity index (χ4n) is 2.48. The molecule has 0 heterocycles. The Bertz CT molecular complexity index is 589. The third-order valence-electron chi connectivity index (χ3n) is 3.76. The van der Waals surface area contributed by atoms with Crippen molar-refractivity contribution < 1.29 is 9.53 Å². The number of hydrogen-bond acceptors (Lipinski definition) is 2. The fraction of sp³-hybridized carbons (Fsp3) is 0.421. The molecule has 0 saturated heterocycles. The highest BCUT2D eigenvalue weighted by Gasteiger charge is 2.12. The van der Waals surface area contributed by atoms with Crippen LogP contribution in [0.4, 0.5) is 0 Å². The van der Waals surface area contributed by atoms with Crippen LogP contribution in [0.1, 0.15) is 56.3 Å². The Balaban J connectivity index is 1.92. The van der Waals surface area contributed by atoms with E-state index < -0.39 is 0 Å². The van der Waals surface area contributed by atoms with Crippen LogP contribution < -0.4 is 0 Å². The van der Waals surface area contributed by atoms with Gasteiger partial charge in [-0.05, 0) is 42.7 Å². The summed E-state index contributed by atoms with van der Waals surface area (Å²) in [4.78, 5) is 12.2. The molecular formula is C19H24O2. The minimum atomic E-state index is -0.219. The monoisotopic (exact) mass is 284 g/mol. The van der Waals surface area contributed by atoms with Crippen LogP contribution >= 0.6 is 0 Å². The van der Waals surface area contributed by atoms with Gasteiger partial charge < -0.3 is 4.74 Å². The van der Waals surface area contributed by atoms with Gasteiger partial charge in [0.15, 0.2) is 0 Å². The summed E-state index contributed by atoms with van der Waals surface area (Å²) in [7, 11) is 0. The van der Waals surface area contributed by atoms with Gasteiger partial charge >= 0.3 is 5.97 Å². The molecule has 2 rings (SSSR count). The predicted octanol–water partition coefficient (Wildman–Crippen LogP) is 5.36. The highest BCUT2D eigenvalue weighted by atomic mass is 16.5. The Labute approximate surface area is 127 Å². The molecule has 2 aromatic rings.